The van der Waals surface area contributed by atoms with Crippen molar-refractivity contribution < 1.29 is 9.28 Å². The Balaban J connectivity index is 1.44. The van der Waals surface area contributed by atoms with Gasteiger partial charge in [0.1, 0.15) is 0 Å². The smallest absolute Gasteiger partial charge is 0.240 e. The number of nitrogens with two attached hydrogens (primary N) is 1. The molecule has 6 nitrogen and oxygen atoms in total. The van der Waals surface area contributed by atoms with E-state index in [9.17, 15) is 4.79 Å². The summed E-state index contributed by atoms with van der Waals surface area (Å²) in [5.41, 5.74) is 8.85. The maximum atomic E-state index is 12.6. The van der Waals surface area contributed by atoms with Crippen molar-refractivity contribution in [3.63, 3.8) is 0 Å². The number of nitrogen functional groups attached to an aromatic ring is 1. The van der Waals surface area contributed by atoms with Crippen molar-refractivity contribution in [3.8, 4) is 0 Å². The first kappa shape index (κ1) is 18.2. The monoisotopic (exact) mass is 346 g/mol. The van der Waals surface area contributed by atoms with Gasteiger partial charge in [-0.15, -0.1) is 0 Å². The fraction of sp³-hybridized carbons (Fsp3) is 0.632. The number of quaternary nitrogens is 1. The highest BCUT2D eigenvalue weighted by Crippen LogP contribution is 2.29. The number of aryl methyl sites for hydroxylation is 1. The standard InChI is InChI=1S/C19H32N5O/c1-24(2)12-10-22(11-13-24)9-7-21-15-19(25)23-8-3-4-16-5-6-17(20)14-18(16)23/h5-6,14,21H,3-4,7-13,15,20H2,1-2H3/q+1. The summed E-state index contributed by atoms with van der Waals surface area (Å²) in [4.78, 5) is 17.0. The van der Waals surface area contributed by atoms with Gasteiger partial charge in [-0.25, -0.2) is 0 Å². The lowest BCUT2D eigenvalue weighted by molar-refractivity contribution is -0.894. The molecule has 1 aromatic carbocycles. The van der Waals surface area contributed by atoms with E-state index in [0.29, 0.717) is 6.54 Å². The van der Waals surface area contributed by atoms with E-state index in [0.717, 1.165) is 61.4 Å². The Bertz CT molecular complexity index is 606. The molecule has 138 valence electrons. The Hall–Kier alpha value is -1.63. The summed E-state index contributed by atoms with van der Waals surface area (Å²) >= 11 is 0. The molecule has 0 aromatic heterocycles. The number of amides is 1. The third-order valence-electron chi connectivity index (χ3n) is 5.45. The second kappa shape index (κ2) is 7.72. The maximum Gasteiger partial charge on any atom is 0.240 e. The van der Waals surface area contributed by atoms with E-state index in [4.69, 9.17) is 5.73 Å². The minimum Gasteiger partial charge on any atom is -0.399 e. The molecule has 0 saturated carbocycles. The number of hydrogen-bond donors (Lipinski definition) is 2. The van der Waals surface area contributed by atoms with Crippen LogP contribution in [-0.4, -0.2) is 81.7 Å². The van der Waals surface area contributed by atoms with Crippen molar-refractivity contribution in [2.75, 3.05) is 77.1 Å². The van der Waals surface area contributed by atoms with Gasteiger partial charge < -0.3 is 20.4 Å². The Morgan fingerprint density at radius 2 is 2.00 bits per heavy atom. The van der Waals surface area contributed by atoms with E-state index in [1.807, 2.05) is 23.1 Å². The Morgan fingerprint density at radius 3 is 2.76 bits per heavy atom. The number of nitrogens with one attached hydrogen (secondary N) is 1. The molecule has 3 rings (SSSR count). The Morgan fingerprint density at radius 1 is 1.24 bits per heavy atom. The first-order valence-electron chi connectivity index (χ1n) is 9.38. The average molecular weight is 346 g/mol. The van der Waals surface area contributed by atoms with Crippen LogP contribution in [0, 0.1) is 0 Å². The molecule has 25 heavy (non-hydrogen) atoms. The molecule has 1 aromatic rings. The van der Waals surface area contributed by atoms with Crippen LogP contribution < -0.4 is 16.0 Å². The number of likely N-dealkylation sites (N-methyl/N-ethyl adjacent to an activating group) is 1. The van der Waals surface area contributed by atoms with Crippen molar-refractivity contribution in [3.05, 3.63) is 23.8 Å². The molecular weight excluding hydrogens is 314 g/mol. The molecule has 0 bridgehead atoms. The van der Waals surface area contributed by atoms with Gasteiger partial charge in [0.25, 0.3) is 0 Å². The minimum absolute atomic E-state index is 0.142. The van der Waals surface area contributed by atoms with Gasteiger partial charge in [-0.05, 0) is 30.5 Å². The molecule has 3 N–H and O–H groups in total. The van der Waals surface area contributed by atoms with Crippen LogP contribution in [0.3, 0.4) is 0 Å². The van der Waals surface area contributed by atoms with E-state index in [1.54, 1.807) is 0 Å². The van der Waals surface area contributed by atoms with E-state index in [2.05, 4.69) is 24.3 Å². The van der Waals surface area contributed by atoms with Gasteiger partial charge in [0, 0.05) is 44.1 Å². The average Bonchev–Trinajstić information content (AvgIpc) is 2.59. The highest BCUT2D eigenvalue weighted by molar-refractivity contribution is 5.96. The van der Waals surface area contributed by atoms with Gasteiger partial charge in [0.15, 0.2) is 0 Å². The lowest BCUT2D eigenvalue weighted by atomic mass is 10.0. The number of fused-ring (bicyclic) bond motifs is 1. The number of benzene rings is 1. The number of anilines is 2. The number of nitrogens with zero attached hydrogens (tertiary/aromatic N) is 3. The first-order valence-corrected chi connectivity index (χ1v) is 9.38. The van der Waals surface area contributed by atoms with Crippen LogP contribution in [0.25, 0.3) is 0 Å². The van der Waals surface area contributed by atoms with E-state index in [-0.39, 0.29) is 5.91 Å². The Labute approximate surface area is 151 Å². The van der Waals surface area contributed by atoms with Gasteiger partial charge in [-0.1, -0.05) is 6.07 Å². The Kier molecular flexibility index (Phi) is 5.61. The second-order valence-corrected chi connectivity index (χ2v) is 7.94. The van der Waals surface area contributed by atoms with Crippen LogP contribution >= 0.6 is 0 Å². The number of hydrogen-bond acceptors (Lipinski definition) is 4. The van der Waals surface area contributed by atoms with Crippen LogP contribution in [0.15, 0.2) is 18.2 Å². The molecule has 2 aliphatic heterocycles. The van der Waals surface area contributed by atoms with E-state index in [1.165, 1.54) is 18.7 Å². The number of rotatable bonds is 5. The van der Waals surface area contributed by atoms with Crippen molar-refractivity contribution in [2.45, 2.75) is 12.8 Å². The maximum absolute atomic E-state index is 12.6. The summed E-state index contributed by atoms with van der Waals surface area (Å²) < 4.78 is 1.11. The largest absolute Gasteiger partial charge is 0.399 e. The van der Waals surface area contributed by atoms with Crippen molar-refractivity contribution in [1.82, 2.24) is 10.2 Å². The summed E-state index contributed by atoms with van der Waals surface area (Å²) in [6.07, 6.45) is 2.04. The van der Waals surface area contributed by atoms with E-state index >= 15 is 0 Å². The van der Waals surface area contributed by atoms with Crippen LogP contribution in [0.2, 0.25) is 0 Å². The predicted molar refractivity (Wildman–Crippen MR) is 103 cm³/mol. The van der Waals surface area contributed by atoms with Gasteiger partial charge in [0.2, 0.25) is 5.91 Å². The van der Waals surface area contributed by atoms with Crippen molar-refractivity contribution in [1.29, 1.82) is 0 Å². The molecule has 0 spiro atoms. The van der Waals surface area contributed by atoms with Gasteiger partial charge in [0.05, 0.1) is 33.7 Å². The van der Waals surface area contributed by atoms with Crippen molar-refractivity contribution >= 4 is 17.3 Å². The molecule has 2 heterocycles. The molecule has 0 atom stereocenters. The SMILES string of the molecule is C[N+]1(C)CCN(CCNCC(=O)N2CCCc3ccc(N)cc32)CC1. The molecule has 0 radical (unpaired) electrons. The second-order valence-electron chi connectivity index (χ2n) is 7.94. The zero-order valence-electron chi connectivity index (χ0n) is 15.6. The fourth-order valence-electron chi connectivity index (χ4n) is 3.65. The third-order valence-corrected chi connectivity index (χ3v) is 5.45. The van der Waals surface area contributed by atoms with Crippen LogP contribution in [0.1, 0.15) is 12.0 Å². The van der Waals surface area contributed by atoms with Gasteiger partial charge in [-0.2, -0.15) is 0 Å². The molecule has 2 aliphatic rings. The lowest BCUT2D eigenvalue weighted by Crippen LogP contribution is -2.55. The zero-order valence-corrected chi connectivity index (χ0v) is 15.6. The number of carbonyl (C=O) groups excluding carboxylic acids is 1. The summed E-state index contributed by atoms with van der Waals surface area (Å²) in [6, 6.07) is 5.90. The molecule has 0 aliphatic carbocycles. The quantitative estimate of drug-likeness (QED) is 0.464. The lowest BCUT2D eigenvalue weighted by Gasteiger charge is -2.39. The molecule has 1 saturated heterocycles. The summed E-state index contributed by atoms with van der Waals surface area (Å²) in [6.45, 7) is 7.73. The highest BCUT2D eigenvalue weighted by atomic mass is 16.2. The minimum atomic E-state index is 0.142. The molecule has 1 fully saturated rings. The van der Waals surface area contributed by atoms with Crippen LogP contribution in [0.5, 0.6) is 0 Å². The normalized spacial score (nSPS) is 20.3. The highest BCUT2D eigenvalue weighted by Gasteiger charge is 2.24. The van der Waals surface area contributed by atoms with Crippen LogP contribution in [0.4, 0.5) is 11.4 Å². The molecule has 6 heteroatoms. The third kappa shape index (κ3) is 4.71. The van der Waals surface area contributed by atoms with Gasteiger partial charge >= 0.3 is 0 Å². The molecular formula is C19H32N5O+. The first-order chi connectivity index (χ1) is 11.9. The summed E-state index contributed by atoms with van der Waals surface area (Å²) in [7, 11) is 4.58. The van der Waals surface area contributed by atoms with Crippen LogP contribution in [-0.2, 0) is 11.2 Å². The predicted octanol–water partition coefficient (Wildman–Crippen LogP) is 0.530. The fourth-order valence-corrected chi connectivity index (χ4v) is 3.65. The summed E-state index contributed by atoms with van der Waals surface area (Å²) in [5.74, 6) is 0.142. The molecule has 0 unspecified atom stereocenters. The number of piperazine rings is 1. The number of carbonyl (C=O) groups is 1. The molecule has 1 amide bonds. The summed E-state index contributed by atoms with van der Waals surface area (Å²) in [5, 5.41) is 3.33. The zero-order chi connectivity index (χ0) is 17.9. The topological polar surface area (TPSA) is 61.6 Å². The van der Waals surface area contributed by atoms with E-state index < -0.39 is 0 Å². The van der Waals surface area contributed by atoms with Gasteiger partial charge in [-0.3, -0.25) is 9.69 Å². The van der Waals surface area contributed by atoms with Crippen molar-refractivity contribution in [2.24, 2.45) is 0 Å².